The Hall–Kier alpha value is -1.74. The largest absolute Gasteiger partial charge is 0.310 e. The van der Waals surface area contributed by atoms with Gasteiger partial charge in [0.15, 0.2) is 0 Å². The fourth-order valence-electron chi connectivity index (χ4n) is 1.91. The van der Waals surface area contributed by atoms with Gasteiger partial charge in [0.2, 0.25) is 0 Å². The molecule has 1 atom stereocenters. The molecule has 2 rings (SSSR count). The number of fused-ring (bicyclic) bond motifs is 1. The van der Waals surface area contributed by atoms with Crippen molar-refractivity contribution >= 4 is 16.7 Å². The molecule has 0 radical (unpaired) electrons. The number of likely N-dealkylation sites (N-methyl/N-ethyl adjacent to an activating group) is 1. The Labute approximate surface area is 101 Å². The molecule has 3 heteroatoms. The van der Waals surface area contributed by atoms with Crippen LogP contribution in [0.4, 0.5) is 0 Å². The molecule has 1 unspecified atom stereocenters. The van der Waals surface area contributed by atoms with Gasteiger partial charge < -0.3 is 5.32 Å². The molecule has 1 aromatic carbocycles. The fraction of sp³-hybridized carbons (Fsp3) is 0.286. The van der Waals surface area contributed by atoms with Gasteiger partial charge in [-0.3, -0.25) is 9.78 Å². The van der Waals surface area contributed by atoms with Crippen molar-refractivity contribution in [3.05, 3.63) is 42.1 Å². The molecule has 0 spiro atoms. The SMILES string of the molecule is CNC(Cc1cnc2ccccc2c1)C(C)=O. The van der Waals surface area contributed by atoms with E-state index in [-0.39, 0.29) is 11.8 Å². The van der Waals surface area contributed by atoms with Gasteiger partial charge in [-0.15, -0.1) is 0 Å². The lowest BCUT2D eigenvalue weighted by Gasteiger charge is -2.12. The summed E-state index contributed by atoms with van der Waals surface area (Å²) < 4.78 is 0. The molecule has 17 heavy (non-hydrogen) atoms. The number of hydrogen-bond donors (Lipinski definition) is 1. The first-order valence-electron chi connectivity index (χ1n) is 5.72. The standard InChI is InChI=1S/C14H16N2O/c1-10(17)14(15-2)8-11-7-12-5-3-4-6-13(12)16-9-11/h3-7,9,14-15H,8H2,1-2H3. The number of para-hydroxylation sites is 1. The van der Waals surface area contributed by atoms with Crippen LogP contribution in [0.2, 0.25) is 0 Å². The van der Waals surface area contributed by atoms with Crippen LogP contribution in [0.1, 0.15) is 12.5 Å². The zero-order chi connectivity index (χ0) is 12.3. The van der Waals surface area contributed by atoms with E-state index in [1.54, 1.807) is 14.0 Å². The van der Waals surface area contributed by atoms with E-state index in [2.05, 4.69) is 16.4 Å². The van der Waals surface area contributed by atoms with Crippen molar-refractivity contribution in [2.24, 2.45) is 0 Å². The minimum atomic E-state index is -0.127. The number of benzene rings is 1. The first-order chi connectivity index (χ1) is 8.20. The molecule has 1 heterocycles. The Morgan fingerprint density at radius 1 is 1.41 bits per heavy atom. The van der Waals surface area contributed by atoms with Crippen LogP contribution in [-0.4, -0.2) is 23.9 Å². The second-order valence-corrected chi connectivity index (χ2v) is 4.19. The van der Waals surface area contributed by atoms with Crippen molar-refractivity contribution in [2.75, 3.05) is 7.05 Å². The number of ketones is 1. The van der Waals surface area contributed by atoms with E-state index in [1.165, 1.54) is 0 Å². The van der Waals surface area contributed by atoms with Gasteiger partial charge in [0, 0.05) is 11.6 Å². The summed E-state index contributed by atoms with van der Waals surface area (Å²) in [6, 6.07) is 9.95. The maximum atomic E-state index is 11.4. The lowest BCUT2D eigenvalue weighted by Crippen LogP contribution is -2.34. The van der Waals surface area contributed by atoms with Gasteiger partial charge in [0.25, 0.3) is 0 Å². The van der Waals surface area contributed by atoms with Crippen LogP contribution in [0, 0.1) is 0 Å². The number of pyridine rings is 1. The van der Waals surface area contributed by atoms with E-state index in [9.17, 15) is 4.79 Å². The first-order valence-corrected chi connectivity index (χ1v) is 5.72. The Morgan fingerprint density at radius 2 is 2.18 bits per heavy atom. The molecular weight excluding hydrogens is 212 g/mol. The highest BCUT2D eigenvalue weighted by molar-refractivity contribution is 5.82. The molecule has 0 aliphatic carbocycles. The zero-order valence-electron chi connectivity index (χ0n) is 10.1. The molecule has 0 saturated carbocycles. The van der Waals surface area contributed by atoms with Crippen LogP contribution in [0.25, 0.3) is 10.9 Å². The van der Waals surface area contributed by atoms with Crippen molar-refractivity contribution < 1.29 is 4.79 Å². The molecule has 0 saturated heterocycles. The van der Waals surface area contributed by atoms with Crippen LogP contribution < -0.4 is 5.32 Å². The minimum Gasteiger partial charge on any atom is -0.310 e. The number of nitrogens with zero attached hydrogens (tertiary/aromatic N) is 1. The van der Waals surface area contributed by atoms with Crippen molar-refractivity contribution in [3.63, 3.8) is 0 Å². The molecular formula is C14H16N2O. The highest BCUT2D eigenvalue weighted by atomic mass is 16.1. The quantitative estimate of drug-likeness (QED) is 0.869. The number of carbonyl (C=O) groups is 1. The van der Waals surface area contributed by atoms with Crippen molar-refractivity contribution in [2.45, 2.75) is 19.4 Å². The average molecular weight is 228 g/mol. The van der Waals surface area contributed by atoms with Crippen molar-refractivity contribution in [3.8, 4) is 0 Å². The van der Waals surface area contributed by atoms with Gasteiger partial charge >= 0.3 is 0 Å². The van der Waals surface area contributed by atoms with Gasteiger partial charge in [-0.25, -0.2) is 0 Å². The van der Waals surface area contributed by atoms with E-state index in [4.69, 9.17) is 0 Å². The molecule has 1 N–H and O–H groups in total. The number of carbonyl (C=O) groups excluding carboxylic acids is 1. The summed E-state index contributed by atoms with van der Waals surface area (Å²) in [5.74, 6) is 0.153. The fourth-order valence-corrected chi connectivity index (χ4v) is 1.91. The third kappa shape index (κ3) is 2.68. The summed E-state index contributed by atoms with van der Waals surface area (Å²) in [4.78, 5) is 15.7. The number of Topliss-reactive ketones (excluding diaryl/α,β-unsaturated/α-hetero) is 1. The molecule has 0 aliphatic heterocycles. The number of rotatable bonds is 4. The topological polar surface area (TPSA) is 42.0 Å². The van der Waals surface area contributed by atoms with Crippen molar-refractivity contribution in [1.29, 1.82) is 0 Å². The minimum absolute atomic E-state index is 0.127. The highest BCUT2D eigenvalue weighted by Crippen LogP contribution is 2.13. The number of aromatic nitrogens is 1. The lowest BCUT2D eigenvalue weighted by atomic mass is 10.0. The van der Waals surface area contributed by atoms with E-state index < -0.39 is 0 Å². The first kappa shape index (κ1) is 11.7. The molecule has 88 valence electrons. The van der Waals surface area contributed by atoms with Gasteiger partial charge in [-0.2, -0.15) is 0 Å². The Bertz CT molecular complexity index is 536. The number of hydrogen-bond acceptors (Lipinski definition) is 3. The summed E-state index contributed by atoms with van der Waals surface area (Å²) in [7, 11) is 1.81. The second-order valence-electron chi connectivity index (χ2n) is 4.19. The molecule has 2 aromatic rings. The summed E-state index contributed by atoms with van der Waals surface area (Å²) >= 11 is 0. The van der Waals surface area contributed by atoms with Gasteiger partial charge in [-0.1, -0.05) is 18.2 Å². The summed E-state index contributed by atoms with van der Waals surface area (Å²) in [5.41, 5.74) is 2.07. The Balaban J connectivity index is 2.27. The summed E-state index contributed by atoms with van der Waals surface area (Å²) in [6.45, 7) is 1.61. The maximum Gasteiger partial charge on any atom is 0.147 e. The molecule has 0 bridgehead atoms. The zero-order valence-corrected chi connectivity index (χ0v) is 10.1. The van der Waals surface area contributed by atoms with E-state index in [0.29, 0.717) is 6.42 Å². The predicted molar refractivity (Wildman–Crippen MR) is 69.0 cm³/mol. The van der Waals surface area contributed by atoms with Crippen LogP contribution in [0.3, 0.4) is 0 Å². The Kier molecular flexibility index (Phi) is 3.49. The maximum absolute atomic E-state index is 11.4. The van der Waals surface area contributed by atoms with Crippen LogP contribution >= 0.6 is 0 Å². The monoisotopic (exact) mass is 228 g/mol. The van der Waals surface area contributed by atoms with Crippen LogP contribution in [-0.2, 0) is 11.2 Å². The van der Waals surface area contributed by atoms with Gasteiger partial charge in [0.05, 0.1) is 11.6 Å². The second kappa shape index (κ2) is 5.06. The third-order valence-electron chi connectivity index (χ3n) is 2.93. The lowest BCUT2D eigenvalue weighted by molar-refractivity contribution is -0.118. The molecule has 3 nitrogen and oxygen atoms in total. The van der Waals surface area contributed by atoms with Crippen LogP contribution in [0.15, 0.2) is 36.5 Å². The predicted octanol–water partition coefficient (Wildman–Crippen LogP) is 1.95. The Morgan fingerprint density at radius 3 is 2.88 bits per heavy atom. The average Bonchev–Trinajstić information content (AvgIpc) is 2.35. The third-order valence-corrected chi connectivity index (χ3v) is 2.93. The normalized spacial score (nSPS) is 12.6. The smallest absolute Gasteiger partial charge is 0.147 e. The highest BCUT2D eigenvalue weighted by Gasteiger charge is 2.12. The van der Waals surface area contributed by atoms with Crippen LogP contribution in [0.5, 0.6) is 0 Å². The molecule has 0 fully saturated rings. The van der Waals surface area contributed by atoms with Gasteiger partial charge in [0.1, 0.15) is 5.78 Å². The number of nitrogens with one attached hydrogen (secondary N) is 1. The van der Waals surface area contributed by atoms with Gasteiger partial charge in [-0.05, 0) is 38.1 Å². The summed E-state index contributed by atoms with van der Waals surface area (Å²) in [6.07, 6.45) is 2.53. The molecule has 0 amide bonds. The van der Waals surface area contributed by atoms with Crippen molar-refractivity contribution in [1.82, 2.24) is 10.3 Å². The molecule has 0 aliphatic rings. The van der Waals surface area contributed by atoms with E-state index >= 15 is 0 Å². The molecule has 1 aromatic heterocycles. The van der Waals surface area contributed by atoms with E-state index in [1.807, 2.05) is 30.5 Å². The summed E-state index contributed by atoms with van der Waals surface area (Å²) in [5, 5.41) is 4.13. The van der Waals surface area contributed by atoms with E-state index in [0.717, 1.165) is 16.5 Å².